The number of aromatic nitrogens is 2. The summed E-state index contributed by atoms with van der Waals surface area (Å²) in [4.78, 5) is 11.9. The van der Waals surface area contributed by atoms with Crippen LogP contribution in [-0.4, -0.2) is 22.6 Å². The van der Waals surface area contributed by atoms with Gasteiger partial charge in [0.05, 0.1) is 24.5 Å². The Labute approximate surface area is 117 Å². The van der Waals surface area contributed by atoms with Gasteiger partial charge in [-0.25, -0.2) is 0 Å². The number of carbonyl (C=O) groups excluding carboxylic acids is 1. The topological polar surface area (TPSA) is 80.9 Å². The van der Waals surface area contributed by atoms with Crippen molar-refractivity contribution in [3.63, 3.8) is 0 Å². The van der Waals surface area contributed by atoms with Gasteiger partial charge in [-0.05, 0) is 23.8 Å². The minimum Gasteiger partial charge on any atom is -0.348 e. The van der Waals surface area contributed by atoms with Crippen LogP contribution in [0.3, 0.4) is 0 Å². The zero-order chi connectivity index (χ0) is 14.2. The lowest BCUT2D eigenvalue weighted by Crippen LogP contribution is -2.22. The van der Waals surface area contributed by atoms with Crippen molar-refractivity contribution >= 4 is 5.91 Å². The maximum atomic E-state index is 11.9. The lowest BCUT2D eigenvalue weighted by atomic mass is 10.1. The molecule has 1 aromatic carbocycles. The predicted molar refractivity (Wildman–Crippen MR) is 75.6 cm³/mol. The number of nitrogens with two attached hydrogens (primary N) is 1. The van der Waals surface area contributed by atoms with Crippen LogP contribution in [0.4, 0.5) is 0 Å². The van der Waals surface area contributed by atoms with E-state index in [9.17, 15) is 4.79 Å². The number of rotatable bonds is 3. The summed E-state index contributed by atoms with van der Waals surface area (Å²) in [5.74, 6) is 5.57. The van der Waals surface area contributed by atoms with Crippen molar-refractivity contribution in [2.24, 2.45) is 5.73 Å². The van der Waals surface area contributed by atoms with Crippen molar-refractivity contribution in [3.05, 3.63) is 59.4 Å². The molecule has 0 radical (unpaired) electrons. The van der Waals surface area contributed by atoms with Crippen LogP contribution in [0.1, 0.15) is 21.5 Å². The first kappa shape index (κ1) is 13.7. The van der Waals surface area contributed by atoms with Gasteiger partial charge in [0.15, 0.2) is 0 Å². The molecule has 0 spiro atoms. The van der Waals surface area contributed by atoms with E-state index >= 15 is 0 Å². The number of nitrogens with one attached hydrogen (secondary N) is 1. The number of carbonyl (C=O) groups is 1. The Balaban J connectivity index is 1.99. The number of nitrogens with zero attached hydrogens (tertiary/aromatic N) is 2. The molecule has 0 bridgehead atoms. The Bertz CT molecular complexity index is 644. The monoisotopic (exact) mass is 266 g/mol. The fraction of sp³-hybridized carbons (Fsp3) is 0.133. The summed E-state index contributed by atoms with van der Waals surface area (Å²) in [5, 5.41) is 10.1. The van der Waals surface area contributed by atoms with E-state index in [2.05, 4.69) is 27.4 Å². The molecule has 0 unspecified atom stereocenters. The van der Waals surface area contributed by atoms with Crippen LogP contribution in [0.25, 0.3) is 0 Å². The molecule has 0 saturated heterocycles. The van der Waals surface area contributed by atoms with E-state index in [0.29, 0.717) is 18.7 Å². The molecule has 0 saturated carbocycles. The van der Waals surface area contributed by atoms with Gasteiger partial charge in [-0.1, -0.05) is 24.0 Å². The van der Waals surface area contributed by atoms with Gasteiger partial charge in [-0.15, -0.1) is 0 Å². The summed E-state index contributed by atoms with van der Waals surface area (Å²) >= 11 is 0. The molecule has 0 aliphatic rings. The molecule has 1 aromatic heterocycles. The fourth-order valence-electron chi connectivity index (χ4n) is 1.62. The van der Waals surface area contributed by atoms with Crippen LogP contribution in [0.5, 0.6) is 0 Å². The molecule has 2 rings (SSSR count). The van der Waals surface area contributed by atoms with E-state index in [-0.39, 0.29) is 5.91 Å². The number of amides is 1. The average molecular weight is 266 g/mol. The van der Waals surface area contributed by atoms with Gasteiger partial charge in [0.2, 0.25) is 0 Å². The average Bonchev–Trinajstić information content (AvgIpc) is 2.52. The van der Waals surface area contributed by atoms with E-state index in [0.717, 1.165) is 11.1 Å². The third kappa shape index (κ3) is 3.90. The van der Waals surface area contributed by atoms with Crippen LogP contribution in [0, 0.1) is 11.8 Å². The second-order valence-electron chi connectivity index (χ2n) is 4.02. The van der Waals surface area contributed by atoms with Gasteiger partial charge in [0.25, 0.3) is 5.91 Å². The fourth-order valence-corrected chi connectivity index (χ4v) is 1.62. The van der Waals surface area contributed by atoms with Crippen LogP contribution >= 0.6 is 0 Å². The van der Waals surface area contributed by atoms with Gasteiger partial charge >= 0.3 is 0 Å². The first-order chi connectivity index (χ1) is 9.79. The Morgan fingerprint density at radius 1 is 1.30 bits per heavy atom. The zero-order valence-corrected chi connectivity index (χ0v) is 10.8. The summed E-state index contributed by atoms with van der Waals surface area (Å²) < 4.78 is 0. The van der Waals surface area contributed by atoms with Crippen molar-refractivity contribution in [2.45, 2.75) is 6.54 Å². The minimum absolute atomic E-state index is 0.182. The molecular weight excluding hydrogens is 252 g/mol. The first-order valence-corrected chi connectivity index (χ1v) is 6.12. The quantitative estimate of drug-likeness (QED) is 0.802. The van der Waals surface area contributed by atoms with Crippen LogP contribution in [0.2, 0.25) is 0 Å². The molecule has 0 atom stereocenters. The van der Waals surface area contributed by atoms with E-state index in [1.807, 2.05) is 24.3 Å². The Hall–Kier alpha value is -2.71. The van der Waals surface area contributed by atoms with Crippen molar-refractivity contribution in [1.29, 1.82) is 0 Å². The minimum atomic E-state index is -0.182. The zero-order valence-electron chi connectivity index (χ0n) is 10.8. The summed E-state index contributed by atoms with van der Waals surface area (Å²) in [6, 6.07) is 9.27. The van der Waals surface area contributed by atoms with Crippen molar-refractivity contribution in [3.8, 4) is 11.8 Å². The third-order valence-electron chi connectivity index (χ3n) is 2.56. The summed E-state index contributed by atoms with van der Waals surface area (Å²) in [7, 11) is 0. The van der Waals surface area contributed by atoms with Crippen LogP contribution in [-0.2, 0) is 6.54 Å². The Morgan fingerprint density at radius 2 is 2.20 bits per heavy atom. The molecule has 2 aromatic rings. The molecular formula is C15H14N4O. The molecule has 5 nitrogen and oxygen atoms in total. The lowest BCUT2D eigenvalue weighted by Gasteiger charge is -2.05. The maximum absolute atomic E-state index is 11.9. The van der Waals surface area contributed by atoms with Crippen molar-refractivity contribution in [1.82, 2.24) is 15.5 Å². The van der Waals surface area contributed by atoms with E-state index in [1.165, 1.54) is 12.4 Å². The number of hydrogen-bond donors (Lipinski definition) is 2. The molecule has 3 N–H and O–H groups in total. The number of hydrogen-bond acceptors (Lipinski definition) is 4. The van der Waals surface area contributed by atoms with Crippen LogP contribution in [0.15, 0.2) is 42.7 Å². The molecule has 5 heteroatoms. The van der Waals surface area contributed by atoms with Gasteiger partial charge in [-0.2, -0.15) is 10.2 Å². The molecule has 1 amide bonds. The molecule has 100 valence electrons. The highest BCUT2D eigenvalue weighted by molar-refractivity contribution is 5.93. The van der Waals surface area contributed by atoms with E-state index in [1.54, 1.807) is 6.07 Å². The predicted octanol–water partition coefficient (Wildman–Crippen LogP) is 0.717. The molecule has 1 heterocycles. The van der Waals surface area contributed by atoms with Gasteiger partial charge < -0.3 is 11.1 Å². The molecule has 0 fully saturated rings. The Morgan fingerprint density at radius 3 is 2.95 bits per heavy atom. The summed E-state index contributed by atoms with van der Waals surface area (Å²) in [5.41, 5.74) is 7.68. The Kier molecular flexibility index (Phi) is 4.81. The SMILES string of the molecule is NCC#Cc1cccc(CNC(=O)c2ccnnc2)c1. The highest BCUT2D eigenvalue weighted by atomic mass is 16.1. The highest BCUT2D eigenvalue weighted by Crippen LogP contribution is 2.04. The molecule has 0 aliphatic heterocycles. The first-order valence-electron chi connectivity index (χ1n) is 6.12. The smallest absolute Gasteiger partial charge is 0.253 e. The second-order valence-corrected chi connectivity index (χ2v) is 4.02. The molecule has 20 heavy (non-hydrogen) atoms. The summed E-state index contributed by atoms with van der Waals surface area (Å²) in [6.07, 6.45) is 2.91. The highest BCUT2D eigenvalue weighted by Gasteiger charge is 2.04. The van der Waals surface area contributed by atoms with Crippen molar-refractivity contribution in [2.75, 3.05) is 6.54 Å². The second kappa shape index (κ2) is 7.02. The van der Waals surface area contributed by atoms with E-state index in [4.69, 9.17) is 5.73 Å². The standard InChI is InChI=1S/C15H14N4O/c16-7-2-5-12-3-1-4-13(9-12)10-17-15(20)14-6-8-18-19-11-14/h1,3-4,6,8-9,11H,7,10,16H2,(H,17,20). The van der Waals surface area contributed by atoms with E-state index < -0.39 is 0 Å². The van der Waals surface area contributed by atoms with Crippen LogP contribution < -0.4 is 11.1 Å². The largest absolute Gasteiger partial charge is 0.348 e. The van der Waals surface area contributed by atoms with Gasteiger partial charge in [0, 0.05) is 12.1 Å². The maximum Gasteiger partial charge on any atom is 0.253 e. The molecule has 0 aliphatic carbocycles. The lowest BCUT2D eigenvalue weighted by molar-refractivity contribution is 0.0950. The normalized spacial score (nSPS) is 9.45. The third-order valence-corrected chi connectivity index (χ3v) is 2.56. The summed E-state index contributed by atoms with van der Waals surface area (Å²) in [6.45, 7) is 0.759. The van der Waals surface area contributed by atoms with Crippen molar-refractivity contribution < 1.29 is 4.79 Å². The number of benzene rings is 1. The van der Waals surface area contributed by atoms with Gasteiger partial charge in [0.1, 0.15) is 0 Å². The van der Waals surface area contributed by atoms with Gasteiger partial charge in [-0.3, -0.25) is 4.79 Å².